The van der Waals surface area contributed by atoms with Crippen LogP contribution in [0.1, 0.15) is 0 Å². The number of rotatable bonds is 5. The minimum atomic E-state index is -0.372. The molecule has 0 fully saturated rings. The summed E-state index contributed by atoms with van der Waals surface area (Å²) in [6.07, 6.45) is 1.78. The number of anilines is 2. The van der Waals surface area contributed by atoms with Gasteiger partial charge in [-0.1, -0.05) is 40.8 Å². The van der Waals surface area contributed by atoms with Gasteiger partial charge in [0.1, 0.15) is 0 Å². The molecule has 2 aromatic rings. The van der Waals surface area contributed by atoms with Crippen molar-refractivity contribution in [3.05, 3.63) is 41.9 Å². The van der Waals surface area contributed by atoms with Crippen LogP contribution in [0.5, 0.6) is 0 Å². The zero-order valence-electron chi connectivity index (χ0n) is 10.3. The molecule has 0 unspecified atom stereocenters. The number of aromatic nitrogens is 2. The molecule has 2 amide bonds. The van der Waals surface area contributed by atoms with E-state index in [0.717, 1.165) is 10.1 Å². The summed E-state index contributed by atoms with van der Waals surface area (Å²) in [5.74, 6) is 0.756. The van der Waals surface area contributed by atoms with Crippen molar-refractivity contribution in [2.75, 3.05) is 16.4 Å². The Hall–Kier alpha value is -1.57. The van der Waals surface area contributed by atoms with Crippen molar-refractivity contribution in [1.29, 1.82) is 0 Å². The molecule has 1 heterocycles. The van der Waals surface area contributed by atoms with E-state index in [1.807, 2.05) is 0 Å². The molecule has 8 heteroatoms. The average molecular weight is 327 g/mol. The number of hydrogen-bond acceptors (Lipinski definition) is 5. The number of halogens is 1. The molecule has 104 valence electrons. The summed E-state index contributed by atoms with van der Waals surface area (Å²) < 4.78 is 0.784. The molecule has 0 spiro atoms. The molecule has 0 aliphatic heterocycles. The Morgan fingerprint density at radius 3 is 2.80 bits per heavy atom. The van der Waals surface area contributed by atoms with Crippen LogP contribution in [0, 0.1) is 0 Å². The van der Waals surface area contributed by atoms with Gasteiger partial charge in [0.05, 0.1) is 0 Å². The molecule has 1 aromatic heterocycles. The molecule has 1 aromatic carbocycles. The van der Waals surface area contributed by atoms with Crippen LogP contribution in [-0.4, -0.2) is 22.0 Å². The zero-order valence-corrected chi connectivity index (χ0v) is 12.7. The molecule has 0 saturated heterocycles. The Morgan fingerprint density at radius 1 is 1.35 bits per heavy atom. The molecular weight excluding hydrogens is 316 g/mol. The number of benzene rings is 1. The van der Waals surface area contributed by atoms with E-state index in [-0.39, 0.29) is 6.03 Å². The van der Waals surface area contributed by atoms with Gasteiger partial charge in [-0.3, -0.25) is 5.32 Å². The van der Waals surface area contributed by atoms with Gasteiger partial charge in [-0.2, -0.15) is 0 Å². The van der Waals surface area contributed by atoms with Gasteiger partial charge in [-0.05, 0) is 24.3 Å². The number of nitrogens with one attached hydrogen (secondary N) is 2. The van der Waals surface area contributed by atoms with Gasteiger partial charge in [0.15, 0.2) is 4.34 Å². The van der Waals surface area contributed by atoms with Crippen LogP contribution in [0.2, 0.25) is 5.02 Å². The lowest BCUT2D eigenvalue weighted by Gasteiger charge is -2.04. The van der Waals surface area contributed by atoms with Crippen molar-refractivity contribution in [2.24, 2.45) is 0 Å². The predicted molar refractivity (Wildman–Crippen MR) is 84.9 cm³/mol. The van der Waals surface area contributed by atoms with Crippen molar-refractivity contribution < 1.29 is 4.79 Å². The normalized spacial score (nSPS) is 10.1. The number of amides is 2. The lowest BCUT2D eigenvalue weighted by Crippen LogP contribution is -2.19. The van der Waals surface area contributed by atoms with E-state index in [1.54, 1.807) is 30.3 Å². The standard InChI is InChI=1S/C12H11ClN4OS2/c1-2-7-19-12-17-16-11(20-12)15-10(18)14-9-5-3-8(13)4-6-9/h2-6H,1,7H2,(H2,14,15,16,18). The number of nitrogens with zero attached hydrogens (tertiary/aromatic N) is 2. The van der Waals surface area contributed by atoms with E-state index >= 15 is 0 Å². The lowest BCUT2D eigenvalue weighted by atomic mass is 10.3. The molecule has 5 nitrogen and oxygen atoms in total. The van der Waals surface area contributed by atoms with Crippen LogP contribution in [0.25, 0.3) is 0 Å². The van der Waals surface area contributed by atoms with Crippen molar-refractivity contribution in [1.82, 2.24) is 10.2 Å². The molecule has 0 radical (unpaired) electrons. The SMILES string of the molecule is C=CCSc1nnc(NC(=O)Nc2ccc(Cl)cc2)s1. The van der Waals surface area contributed by atoms with Crippen molar-refractivity contribution in [2.45, 2.75) is 4.34 Å². The van der Waals surface area contributed by atoms with E-state index in [0.29, 0.717) is 15.8 Å². The second kappa shape index (κ2) is 7.28. The van der Waals surface area contributed by atoms with E-state index in [9.17, 15) is 4.79 Å². The third kappa shape index (κ3) is 4.52. The summed E-state index contributed by atoms with van der Waals surface area (Å²) >= 11 is 8.60. The van der Waals surface area contributed by atoms with Gasteiger partial charge in [0.2, 0.25) is 5.13 Å². The van der Waals surface area contributed by atoms with Crippen molar-refractivity contribution >= 4 is 51.5 Å². The number of carbonyl (C=O) groups excluding carboxylic acids is 1. The lowest BCUT2D eigenvalue weighted by molar-refractivity contribution is 0.262. The molecular formula is C12H11ClN4OS2. The summed E-state index contributed by atoms with van der Waals surface area (Å²) in [7, 11) is 0. The van der Waals surface area contributed by atoms with Crippen LogP contribution in [-0.2, 0) is 0 Å². The van der Waals surface area contributed by atoms with Crippen LogP contribution in [0.3, 0.4) is 0 Å². The summed E-state index contributed by atoms with van der Waals surface area (Å²) in [6.45, 7) is 3.63. The molecule has 20 heavy (non-hydrogen) atoms. The first kappa shape index (κ1) is 14.8. The first-order chi connectivity index (χ1) is 9.67. The van der Waals surface area contributed by atoms with Crippen molar-refractivity contribution in [3.8, 4) is 0 Å². The van der Waals surface area contributed by atoms with Crippen LogP contribution < -0.4 is 10.6 Å². The highest BCUT2D eigenvalue weighted by atomic mass is 35.5. The molecule has 0 aliphatic carbocycles. The second-order valence-electron chi connectivity index (χ2n) is 3.56. The fourth-order valence-electron chi connectivity index (χ4n) is 1.24. The summed E-state index contributed by atoms with van der Waals surface area (Å²) in [6, 6.07) is 6.46. The highest BCUT2D eigenvalue weighted by molar-refractivity contribution is 8.01. The Labute approximate surface area is 129 Å². The molecule has 2 N–H and O–H groups in total. The highest BCUT2D eigenvalue weighted by Gasteiger charge is 2.08. The monoisotopic (exact) mass is 326 g/mol. The first-order valence-corrected chi connectivity index (χ1v) is 7.76. The fourth-order valence-corrected chi connectivity index (χ4v) is 2.88. The van der Waals surface area contributed by atoms with E-state index in [2.05, 4.69) is 27.4 Å². The summed E-state index contributed by atoms with van der Waals surface area (Å²) in [5.41, 5.74) is 0.651. The molecule has 0 atom stereocenters. The zero-order chi connectivity index (χ0) is 14.4. The Morgan fingerprint density at radius 2 is 2.10 bits per heavy atom. The number of thioether (sulfide) groups is 1. The van der Waals surface area contributed by atoms with Gasteiger partial charge >= 0.3 is 6.03 Å². The number of urea groups is 1. The molecule has 0 bridgehead atoms. The van der Waals surface area contributed by atoms with E-state index in [4.69, 9.17) is 11.6 Å². The number of carbonyl (C=O) groups is 1. The van der Waals surface area contributed by atoms with Crippen LogP contribution in [0.4, 0.5) is 15.6 Å². The Kier molecular flexibility index (Phi) is 5.40. The topological polar surface area (TPSA) is 66.9 Å². The maximum absolute atomic E-state index is 11.8. The van der Waals surface area contributed by atoms with Gasteiger partial charge in [0.25, 0.3) is 0 Å². The fraction of sp³-hybridized carbons (Fsp3) is 0.0833. The third-order valence-electron chi connectivity index (χ3n) is 2.05. The van der Waals surface area contributed by atoms with E-state index < -0.39 is 0 Å². The average Bonchev–Trinajstić information content (AvgIpc) is 2.86. The maximum atomic E-state index is 11.8. The molecule has 0 aliphatic rings. The van der Waals surface area contributed by atoms with Crippen LogP contribution in [0.15, 0.2) is 41.3 Å². The Bertz CT molecular complexity index is 600. The minimum Gasteiger partial charge on any atom is -0.308 e. The van der Waals surface area contributed by atoms with Crippen LogP contribution >= 0.6 is 34.7 Å². The molecule has 2 rings (SSSR count). The summed E-state index contributed by atoms with van der Waals surface area (Å²) in [4.78, 5) is 11.8. The third-order valence-corrected chi connectivity index (χ3v) is 4.27. The Balaban J connectivity index is 1.89. The van der Waals surface area contributed by atoms with Gasteiger partial charge < -0.3 is 5.32 Å². The summed E-state index contributed by atoms with van der Waals surface area (Å²) in [5, 5.41) is 14.2. The minimum absolute atomic E-state index is 0.372. The number of hydrogen-bond donors (Lipinski definition) is 2. The predicted octanol–water partition coefficient (Wildman–Crippen LogP) is 4.11. The van der Waals surface area contributed by atoms with E-state index in [1.165, 1.54) is 23.1 Å². The van der Waals surface area contributed by atoms with Gasteiger partial charge in [-0.25, -0.2) is 4.79 Å². The largest absolute Gasteiger partial charge is 0.325 e. The first-order valence-electron chi connectivity index (χ1n) is 5.58. The highest BCUT2D eigenvalue weighted by Crippen LogP contribution is 2.25. The van der Waals surface area contributed by atoms with Crippen molar-refractivity contribution in [3.63, 3.8) is 0 Å². The van der Waals surface area contributed by atoms with Gasteiger partial charge in [0, 0.05) is 16.5 Å². The maximum Gasteiger partial charge on any atom is 0.325 e. The smallest absolute Gasteiger partial charge is 0.308 e. The second-order valence-corrected chi connectivity index (χ2v) is 6.24. The quantitative estimate of drug-likeness (QED) is 0.493. The molecule has 0 saturated carbocycles. The van der Waals surface area contributed by atoms with Gasteiger partial charge in [-0.15, -0.1) is 16.8 Å².